The Morgan fingerprint density at radius 2 is 1.19 bits per heavy atom. The van der Waals surface area contributed by atoms with Gasteiger partial charge in [0.1, 0.15) is 0 Å². The molecular weight excluding hydrogens is 479 g/mol. The number of phosphoric ester groups is 1. The predicted molar refractivity (Wildman–Crippen MR) is 106 cm³/mol. The molecule has 156 valence electrons. The molecule has 4 nitrogen and oxygen atoms in total. The van der Waals surface area contributed by atoms with E-state index < -0.39 is 7.82 Å². The summed E-state index contributed by atoms with van der Waals surface area (Å²) in [4.78, 5) is 11.8. The molecule has 0 saturated carbocycles. The molecule has 0 aliphatic rings. The van der Waals surface area contributed by atoms with E-state index in [0.29, 0.717) is 11.8 Å². The van der Waals surface area contributed by atoms with Gasteiger partial charge in [0.15, 0.2) is 0 Å². The maximum atomic E-state index is 11.8. The van der Waals surface area contributed by atoms with Crippen LogP contribution in [-0.4, -0.2) is 13.2 Å². The van der Waals surface area contributed by atoms with Gasteiger partial charge in [-0.1, -0.05) is 66.2 Å². The zero-order valence-corrected chi connectivity index (χ0v) is 22.0. The van der Waals surface area contributed by atoms with Crippen molar-refractivity contribution in [3.63, 3.8) is 0 Å². The molecule has 0 aromatic rings. The van der Waals surface area contributed by atoms with Crippen LogP contribution in [-0.2, 0) is 13.6 Å². The van der Waals surface area contributed by atoms with Crippen molar-refractivity contribution in [2.45, 2.75) is 101 Å². The van der Waals surface area contributed by atoms with Gasteiger partial charge in [-0.3, -0.25) is 4.57 Å². The van der Waals surface area contributed by atoms with Crippen molar-refractivity contribution in [1.29, 1.82) is 0 Å². The summed E-state index contributed by atoms with van der Waals surface area (Å²) >= 11 is 1.40. The summed E-state index contributed by atoms with van der Waals surface area (Å²) in [5.41, 5.74) is 0. The van der Waals surface area contributed by atoms with Crippen LogP contribution < -0.4 is 4.89 Å². The molecule has 0 aromatic carbocycles. The van der Waals surface area contributed by atoms with Gasteiger partial charge in [0.2, 0.25) is 0 Å². The Balaban J connectivity index is 0. The van der Waals surface area contributed by atoms with Gasteiger partial charge in [-0.25, -0.2) is 0 Å². The molecule has 0 amide bonds. The van der Waals surface area contributed by atoms with Crippen LogP contribution in [0.3, 0.4) is 0 Å². The Hall–Kier alpha value is 1.46. The normalized spacial score (nSPS) is 15.6. The third kappa shape index (κ3) is 20.2. The van der Waals surface area contributed by atoms with Crippen LogP contribution in [0.25, 0.3) is 0 Å². The van der Waals surface area contributed by atoms with E-state index >= 15 is 0 Å². The van der Waals surface area contributed by atoms with Crippen molar-refractivity contribution in [2.24, 2.45) is 11.8 Å². The molecule has 0 heterocycles. The summed E-state index contributed by atoms with van der Waals surface area (Å²) in [5, 5.41) is 0. The standard InChI is InChI=1S/C16H35O4P.C4H9.Nd/c1-5-9-11-15(7-3)13-19-21(17,18)20-14-16(8-4)12-10-6-2;1-3-4-2;/h15-16H,5-14H2,1-4H3,(H,17,18);1,3-4H2,2H3;/q;;+1/p-1. The second-order valence-electron chi connectivity index (χ2n) is 6.98. The third-order valence-electron chi connectivity index (χ3n) is 4.55. The van der Waals surface area contributed by atoms with Crippen LogP contribution >= 0.6 is 7.82 Å². The quantitative estimate of drug-likeness (QED) is 0.212. The number of rotatable bonds is 16. The first-order chi connectivity index (χ1) is 12.4. The maximum absolute atomic E-state index is 11.8. The van der Waals surface area contributed by atoms with E-state index in [9.17, 15) is 9.46 Å². The average Bonchev–Trinajstić information content (AvgIpc) is 2.63. The molecule has 2 atom stereocenters. The Bertz CT molecular complexity index is 303. The molecule has 0 aliphatic heterocycles. The fourth-order valence-corrected chi connectivity index (χ4v) is 4.40. The SMILES string of the molecule is CCCCC(CC)COP(=O)([O-])OCC(CC)CCCC.CCC[CH2][Nd+]. The molecule has 0 radical (unpaired) electrons. The van der Waals surface area contributed by atoms with Gasteiger partial charge >= 0.3 is 60.6 Å². The van der Waals surface area contributed by atoms with Crippen LogP contribution in [0.1, 0.15) is 98.8 Å². The number of hydrogen-bond acceptors (Lipinski definition) is 4. The minimum atomic E-state index is -4.14. The van der Waals surface area contributed by atoms with Crippen LogP contribution in [0, 0.1) is 50.6 Å². The third-order valence-corrected chi connectivity index (χ3v) is 6.62. The van der Waals surface area contributed by atoms with Crippen molar-refractivity contribution in [3.8, 4) is 0 Å². The summed E-state index contributed by atoms with van der Waals surface area (Å²) < 4.78 is 23.4. The molecule has 0 bridgehead atoms. The molecule has 0 fully saturated rings. The molecule has 0 aromatic heterocycles. The van der Waals surface area contributed by atoms with Crippen LogP contribution in [0.15, 0.2) is 0 Å². The van der Waals surface area contributed by atoms with Gasteiger partial charge < -0.3 is 13.9 Å². The zero-order valence-electron chi connectivity index (χ0n) is 17.9. The molecule has 0 spiro atoms. The topological polar surface area (TPSA) is 58.6 Å². The van der Waals surface area contributed by atoms with Gasteiger partial charge in [0, 0.05) is 0 Å². The van der Waals surface area contributed by atoms with E-state index in [1.54, 1.807) is 0 Å². The fourth-order valence-electron chi connectivity index (χ4n) is 2.40. The molecule has 0 saturated heterocycles. The predicted octanol–water partition coefficient (Wildman–Crippen LogP) is 6.67. The van der Waals surface area contributed by atoms with Gasteiger partial charge in [0.25, 0.3) is 7.82 Å². The van der Waals surface area contributed by atoms with Crippen molar-refractivity contribution < 1.29 is 57.3 Å². The van der Waals surface area contributed by atoms with Crippen LogP contribution in [0.5, 0.6) is 0 Å². The monoisotopic (exact) mass is 520 g/mol. The van der Waals surface area contributed by atoms with E-state index in [1.807, 2.05) is 0 Å². The van der Waals surface area contributed by atoms with E-state index in [1.165, 1.54) is 53.7 Å². The summed E-state index contributed by atoms with van der Waals surface area (Å²) in [7, 11) is -4.14. The van der Waals surface area contributed by atoms with E-state index in [0.717, 1.165) is 51.4 Å². The van der Waals surface area contributed by atoms with Crippen LogP contribution in [0.4, 0.5) is 0 Å². The van der Waals surface area contributed by atoms with Crippen molar-refractivity contribution in [2.75, 3.05) is 13.2 Å². The first-order valence-corrected chi connectivity index (χ1v) is 14.4. The minimum absolute atomic E-state index is 0.253. The molecule has 0 aliphatic carbocycles. The van der Waals surface area contributed by atoms with Gasteiger partial charge in [-0.15, -0.1) is 0 Å². The molecule has 0 N–H and O–H groups in total. The Morgan fingerprint density at radius 3 is 1.42 bits per heavy atom. The van der Waals surface area contributed by atoms with Crippen molar-refractivity contribution in [3.05, 3.63) is 0 Å². The summed E-state index contributed by atoms with van der Waals surface area (Å²) in [6.45, 7) is 11.1. The molecule has 26 heavy (non-hydrogen) atoms. The number of hydrogen-bond donors (Lipinski definition) is 0. The van der Waals surface area contributed by atoms with E-state index in [-0.39, 0.29) is 13.2 Å². The summed E-state index contributed by atoms with van der Waals surface area (Å²) in [6.07, 6.45) is 11.2. The number of phosphoric acid groups is 1. The molecule has 0 rings (SSSR count). The van der Waals surface area contributed by atoms with E-state index in [2.05, 4.69) is 34.6 Å². The Kier molecular flexibility index (Phi) is 24.2. The number of unbranched alkanes of at least 4 members (excludes halogenated alkanes) is 3. The second-order valence-corrected chi connectivity index (χ2v) is 9.99. The first kappa shape index (κ1) is 29.7. The van der Waals surface area contributed by atoms with Gasteiger partial charge in [-0.2, -0.15) is 0 Å². The van der Waals surface area contributed by atoms with Gasteiger partial charge in [-0.05, 0) is 24.7 Å². The average molecular weight is 523 g/mol. The van der Waals surface area contributed by atoms with Crippen LogP contribution in [0.2, 0.25) is 2.07 Å². The Labute approximate surface area is 189 Å². The molecule has 6 heteroatoms. The summed E-state index contributed by atoms with van der Waals surface area (Å²) in [5.74, 6) is 0.607. The van der Waals surface area contributed by atoms with Crippen molar-refractivity contribution >= 4 is 7.82 Å². The van der Waals surface area contributed by atoms with E-state index in [4.69, 9.17) is 9.05 Å². The molecule has 2 unspecified atom stereocenters. The first-order valence-electron chi connectivity index (χ1n) is 10.6. The Morgan fingerprint density at radius 1 is 0.808 bits per heavy atom. The van der Waals surface area contributed by atoms with Gasteiger partial charge in [0.05, 0.1) is 13.2 Å². The second kappa shape index (κ2) is 21.2. The zero-order chi connectivity index (χ0) is 20.3. The summed E-state index contributed by atoms with van der Waals surface area (Å²) in [6, 6.07) is 0. The fraction of sp³-hybridized carbons (Fsp3) is 1.00. The van der Waals surface area contributed by atoms with Crippen molar-refractivity contribution in [1.82, 2.24) is 0 Å². The molecular formula is C20H43NdO4P.